The molecule has 2 saturated heterocycles. The van der Waals surface area contributed by atoms with E-state index in [-0.39, 0.29) is 11.8 Å². The van der Waals surface area contributed by atoms with Crippen LogP contribution in [0.15, 0.2) is 0 Å². The van der Waals surface area contributed by atoms with Crippen LogP contribution in [0.5, 0.6) is 0 Å². The lowest BCUT2D eigenvalue weighted by molar-refractivity contribution is -0.140. The van der Waals surface area contributed by atoms with Crippen LogP contribution in [0.2, 0.25) is 0 Å². The van der Waals surface area contributed by atoms with E-state index in [1.165, 1.54) is 25.7 Å². The molecular formula is C16H27N3O2. The van der Waals surface area contributed by atoms with Crippen LogP contribution in [0, 0.1) is 11.8 Å². The first-order valence-electron chi connectivity index (χ1n) is 8.44. The van der Waals surface area contributed by atoms with Gasteiger partial charge in [-0.1, -0.05) is 12.8 Å². The summed E-state index contributed by atoms with van der Waals surface area (Å²) in [6.45, 7) is 3.66. The van der Waals surface area contributed by atoms with Crippen molar-refractivity contribution in [2.45, 2.75) is 51.0 Å². The zero-order valence-electron chi connectivity index (χ0n) is 12.8. The van der Waals surface area contributed by atoms with Crippen molar-refractivity contribution in [3.8, 4) is 0 Å². The average Bonchev–Trinajstić information content (AvgIpc) is 2.90. The van der Waals surface area contributed by atoms with Crippen molar-refractivity contribution in [1.82, 2.24) is 9.80 Å². The van der Waals surface area contributed by atoms with Crippen LogP contribution in [0.1, 0.15) is 44.9 Å². The molecule has 2 aliphatic heterocycles. The Morgan fingerprint density at radius 2 is 1.62 bits per heavy atom. The van der Waals surface area contributed by atoms with Gasteiger partial charge in [0.25, 0.3) is 0 Å². The largest absolute Gasteiger partial charge is 0.369 e. The summed E-state index contributed by atoms with van der Waals surface area (Å²) in [5.74, 6) is 0.895. The Morgan fingerprint density at radius 3 is 2.19 bits per heavy atom. The van der Waals surface area contributed by atoms with Gasteiger partial charge in [-0.2, -0.15) is 0 Å². The third kappa shape index (κ3) is 3.39. The van der Waals surface area contributed by atoms with Gasteiger partial charge in [-0.15, -0.1) is 0 Å². The van der Waals surface area contributed by atoms with Crippen molar-refractivity contribution < 1.29 is 9.59 Å². The lowest BCUT2D eigenvalue weighted by Crippen LogP contribution is -2.62. The molecule has 0 aromatic carbocycles. The SMILES string of the molecule is NC(=O)C1CCN(C2CN(C(=O)CC3CCCC3)C2)CC1. The maximum Gasteiger partial charge on any atom is 0.222 e. The number of hydrogen-bond donors (Lipinski definition) is 1. The number of piperidine rings is 1. The van der Waals surface area contributed by atoms with Crippen molar-refractivity contribution in [3.63, 3.8) is 0 Å². The average molecular weight is 293 g/mol. The van der Waals surface area contributed by atoms with Crippen LogP contribution in [-0.4, -0.2) is 53.8 Å². The van der Waals surface area contributed by atoms with Gasteiger partial charge in [-0.25, -0.2) is 0 Å². The number of carbonyl (C=O) groups excluding carboxylic acids is 2. The van der Waals surface area contributed by atoms with E-state index in [0.29, 0.717) is 17.9 Å². The monoisotopic (exact) mass is 293 g/mol. The summed E-state index contributed by atoms with van der Waals surface area (Å²) in [6.07, 6.45) is 7.60. The molecule has 2 heterocycles. The highest BCUT2D eigenvalue weighted by atomic mass is 16.2. The molecule has 1 saturated carbocycles. The minimum atomic E-state index is -0.156. The van der Waals surface area contributed by atoms with Crippen LogP contribution < -0.4 is 5.73 Å². The predicted octanol–water partition coefficient (Wildman–Crippen LogP) is 0.975. The standard InChI is InChI=1S/C16H27N3O2/c17-16(21)13-5-7-18(8-6-13)14-10-19(11-14)15(20)9-12-3-1-2-4-12/h12-14H,1-11H2,(H2,17,21). The number of primary amides is 1. The molecule has 1 aliphatic carbocycles. The molecule has 3 fully saturated rings. The zero-order chi connectivity index (χ0) is 14.8. The number of amides is 2. The molecule has 3 rings (SSSR count). The smallest absolute Gasteiger partial charge is 0.222 e. The molecule has 0 aromatic rings. The predicted molar refractivity (Wildman–Crippen MR) is 80.4 cm³/mol. The fourth-order valence-corrected chi connectivity index (χ4v) is 4.03. The second-order valence-corrected chi connectivity index (χ2v) is 7.02. The van der Waals surface area contributed by atoms with E-state index in [9.17, 15) is 9.59 Å². The lowest BCUT2D eigenvalue weighted by Gasteiger charge is -2.47. The molecule has 118 valence electrons. The summed E-state index contributed by atoms with van der Waals surface area (Å²) in [5, 5.41) is 0. The number of nitrogens with zero attached hydrogens (tertiary/aromatic N) is 2. The Bertz CT molecular complexity index is 392. The van der Waals surface area contributed by atoms with E-state index in [1.54, 1.807) is 0 Å². The van der Waals surface area contributed by atoms with E-state index in [0.717, 1.165) is 45.4 Å². The summed E-state index contributed by atoms with van der Waals surface area (Å²) in [6, 6.07) is 0.506. The molecule has 5 nitrogen and oxygen atoms in total. The van der Waals surface area contributed by atoms with Gasteiger partial charge in [0.2, 0.25) is 11.8 Å². The maximum atomic E-state index is 12.2. The lowest BCUT2D eigenvalue weighted by atomic mass is 9.93. The summed E-state index contributed by atoms with van der Waals surface area (Å²) in [4.78, 5) is 27.8. The number of carbonyl (C=O) groups is 2. The molecule has 0 unspecified atom stereocenters. The Balaban J connectivity index is 1.37. The molecule has 3 aliphatic rings. The van der Waals surface area contributed by atoms with Crippen molar-refractivity contribution in [1.29, 1.82) is 0 Å². The molecule has 0 radical (unpaired) electrons. The highest BCUT2D eigenvalue weighted by Crippen LogP contribution is 2.29. The van der Waals surface area contributed by atoms with E-state index in [4.69, 9.17) is 5.73 Å². The van der Waals surface area contributed by atoms with Crippen molar-refractivity contribution >= 4 is 11.8 Å². The fraction of sp³-hybridized carbons (Fsp3) is 0.875. The first-order chi connectivity index (χ1) is 10.1. The number of likely N-dealkylation sites (tertiary alicyclic amines) is 2. The van der Waals surface area contributed by atoms with Crippen LogP contribution in [0.25, 0.3) is 0 Å². The highest BCUT2D eigenvalue weighted by Gasteiger charge is 2.37. The van der Waals surface area contributed by atoms with E-state index < -0.39 is 0 Å². The van der Waals surface area contributed by atoms with Crippen molar-refractivity contribution in [2.24, 2.45) is 17.6 Å². The van der Waals surface area contributed by atoms with Gasteiger partial charge < -0.3 is 10.6 Å². The Morgan fingerprint density at radius 1 is 1.00 bits per heavy atom. The molecule has 0 bridgehead atoms. The van der Waals surface area contributed by atoms with E-state index >= 15 is 0 Å². The zero-order valence-corrected chi connectivity index (χ0v) is 12.8. The number of nitrogens with two attached hydrogens (primary N) is 1. The van der Waals surface area contributed by atoms with Crippen LogP contribution in [-0.2, 0) is 9.59 Å². The van der Waals surface area contributed by atoms with Gasteiger partial charge in [0.05, 0.1) is 0 Å². The normalized spacial score (nSPS) is 26.0. The van der Waals surface area contributed by atoms with Gasteiger partial charge in [0, 0.05) is 31.5 Å². The van der Waals surface area contributed by atoms with Crippen molar-refractivity contribution in [3.05, 3.63) is 0 Å². The van der Waals surface area contributed by atoms with Crippen molar-refractivity contribution in [2.75, 3.05) is 26.2 Å². The molecule has 0 atom stereocenters. The summed E-state index contributed by atoms with van der Waals surface area (Å²) in [5.41, 5.74) is 5.36. The quantitative estimate of drug-likeness (QED) is 0.840. The van der Waals surface area contributed by atoms with E-state index in [1.807, 2.05) is 4.90 Å². The first-order valence-corrected chi connectivity index (χ1v) is 8.44. The van der Waals surface area contributed by atoms with Gasteiger partial charge in [-0.05, 0) is 44.7 Å². The minimum Gasteiger partial charge on any atom is -0.369 e. The Hall–Kier alpha value is -1.10. The third-order valence-electron chi connectivity index (χ3n) is 5.60. The molecule has 5 heteroatoms. The van der Waals surface area contributed by atoms with E-state index in [2.05, 4.69) is 4.90 Å². The molecule has 21 heavy (non-hydrogen) atoms. The van der Waals surface area contributed by atoms with Crippen LogP contribution in [0.3, 0.4) is 0 Å². The second kappa shape index (κ2) is 6.34. The minimum absolute atomic E-state index is 0.0569. The van der Waals surface area contributed by atoms with Gasteiger partial charge >= 0.3 is 0 Å². The molecule has 0 aromatic heterocycles. The Labute approximate surface area is 126 Å². The highest BCUT2D eigenvalue weighted by molar-refractivity contribution is 5.77. The molecule has 2 amide bonds. The van der Waals surface area contributed by atoms with Gasteiger partial charge in [-0.3, -0.25) is 14.5 Å². The van der Waals surface area contributed by atoms with Gasteiger partial charge in [0.1, 0.15) is 0 Å². The molecule has 2 N–H and O–H groups in total. The Kier molecular flexibility index (Phi) is 4.48. The summed E-state index contributed by atoms with van der Waals surface area (Å²) in [7, 11) is 0. The third-order valence-corrected chi connectivity index (χ3v) is 5.60. The van der Waals surface area contributed by atoms with Crippen LogP contribution in [0.4, 0.5) is 0 Å². The number of rotatable bonds is 4. The first kappa shape index (κ1) is 14.8. The summed E-state index contributed by atoms with van der Waals surface area (Å²) < 4.78 is 0. The van der Waals surface area contributed by atoms with Gasteiger partial charge in [0.15, 0.2) is 0 Å². The number of hydrogen-bond acceptors (Lipinski definition) is 3. The molecule has 0 spiro atoms. The molecular weight excluding hydrogens is 266 g/mol. The van der Waals surface area contributed by atoms with Crippen LogP contribution >= 0.6 is 0 Å². The maximum absolute atomic E-state index is 12.2. The summed E-state index contributed by atoms with van der Waals surface area (Å²) >= 11 is 0. The fourth-order valence-electron chi connectivity index (χ4n) is 4.03. The second-order valence-electron chi connectivity index (χ2n) is 7.02. The topological polar surface area (TPSA) is 66.6 Å².